The van der Waals surface area contributed by atoms with Crippen LogP contribution in [0.2, 0.25) is 0 Å². The zero-order valence-corrected chi connectivity index (χ0v) is 9.81. The molecule has 2 N–H and O–H groups in total. The first-order valence-electron chi connectivity index (χ1n) is 6.20. The molecule has 0 aliphatic heterocycles. The first-order chi connectivity index (χ1) is 7.79. The molecule has 3 heteroatoms. The minimum atomic E-state index is 0.157. The smallest absolute Gasteiger partial charge is 0.0640 e. The van der Waals surface area contributed by atoms with Gasteiger partial charge in [0.2, 0.25) is 0 Å². The molecule has 1 aromatic heterocycles. The Morgan fingerprint density at radius 3 is 3.00 bits per heavy atom. The van der Waals surface area contributed by atoms with Gasteiger partial charge >= 0.3 is 0 Å². The molecule has 1 fully saturated rings. The van der Waals surface area contributed by atoms with E-state index in [1.54, 1.807) is 0 Å². The molecule has 88 valence electrons. The van der Waals surface area contributed by atoms with E-state index in [1.807, 2.05) is 6.08 Å². The lowest BCUT2D eigenvalue weighted by molar-refractivity contribution is 0.461. The van der Waals surface area contributed by atoms with Crippen molar-refractivity contribution in [2.24, 2.45) is 5.73 Å². The Hall–Kier alpha value is -1.09. The Labute approximate surface area is 97.3 Å². The van der Waals surface area contributed by atoms with Gasteiger partial charge in [0.05, 0.1) is 11.7 Å². The molecule has 0 amide bonds. The Bertz CT molecular complexity index is 337. The molecule has 2 rings (SSSR count). The molecule has 1 aromatic rings. The van der Waals surface area contributed by atoms with Gasteiger partial charge < -0.3 is 5.73 Å². The molecule has 0 aromatic carbocycles. The molecular formula is C13H21N3. The van der Waals surface area contributed by atoms with E-state index < -0.39 is 0 Å². The zero-order chi connectivity index (χ0) is 11.4. The third-order valence-electron chi connectivity index (χ3n) is 3.30. The molecule has 0 spiro atoms. The molecule has 0 bridgehead atoms. The fourth-order valence-electron chi connectivity index (χ4n) is 2.42. The van der Waals surface area contributed by atoms with Crippen LogP contribution in [0.1, 0.15) is 43.8 Å². The van der Waals surface area contributed by atoms with Crippen molar-refractivity contribution in [1.29, 1.82) is 0 Å². The molecular weight excluding hydrogens is 198 g/mol. The van der Waals surface area contributed by atoms with E-state index in [0.717, 1.165) is 18.5 Å². The fraction of sp³-hybridized carbons (Fsp3) is 0.615. The predicted octanol–water partition coefficient (Wildman–Crippen LogP) is 2.44. The topological polar surface area (TPSA) is 43.8 Å². The quantitative estimate of drug-likeness (QED) is 0.773. The summed E-state index contributed by atoms with van der Waals surface area (Å²) in [6, 6.07) is 2.88. The van der Waals surface area contributed by atoms with Crippen molar-refractivity contribution in [3.05, 3.63) is 30.6 Å². The van der Waals surface area contributed by atoms with Gasteiger partial charge in [-0.25, -0.2) is 0 Å². The summed E-state index contributed by atoms with van der Waals surface area (Å²) in [5.41, 5.74) is 7.07. The second-order valence-electron chi connectivity index (χ2n) is 4.71. The van der Waals surface area contributed by atoms with Crippen LogP contribution >= 0.6 is 0 Å². The van der Waals surface area contributed by atoms with E-state index in [1.165, 1.54) is 25.7 Å². The third-order valence-corrected chi connectivity index (χ3v) is 3.30. The van der Waals surface area contributed by atoms with Crippen LogP contribution in [0.5, 0.6) is 0 Å². The van der Waals surface area contributed by atoms with Crippen molar-refractivity contribution >= 4 is 0 Å². The summed E-state index contributed by atoms with van der Waals surface area (Å²) >= 11 is 0. The molecule has 1 atom stereocenters. The summed E-state index contributed by atoms with van der Waals surface area (Å²) < 4.78 is 2.13. The SMILES string of the molecule is C=CCC(N)Cc1ccn(C2CCCC2)n1. The Balaban J connectivity index is 1.93. The predicted molar refractivity (Wildman–Crippen MR) is 66.2 cm³/mol. The lowest BCUT2D eigenvalue weighted by Crippen LogP contribution is -2.22. The molecule has 16 heavy (non-hydrogen) atoms. The first-order valence-corrected chi connectivity index (χ1v) is 6.20. The van der Waals surface area contributed by atoms with Gasteiger partial charge in [-0.15, -0.1) is 6.58 Å². The summed E-state index contributed by atoms with van der Waals surface area (Å²) in [6.07, 6.45) is 10.9. The van der Waals surface area contributed by atoms with Gasteiger partial charge in [-0.2, -0.15) is 5.10 Å². The van der Waals surface area contributed by atoms with Crippen LogP contribution in [-0.4, -0.2) is 15.8 Å². The molecule has 1 heterocycles. The van der Waals surface area contributed by atoms with Crippen LogP contribution in [0.3, 0.4) is 0 Å². The third kappa shape index (κ3) is 2.73. The van der Waals surface area contributed by atoms with Crippen molar-refractivity contribution in [2.75, 3.05) is 0 Å². The molecule has 1 saturated carbocycles. The van der Waals surface area contributed by atoms with E-state index in [0.29, 0.717) is 6.04 Å². The van der Waals surface area contributed by atoms with E-state index in [9.17, 15) is 0 Å². The summed E-state index contributed by atoms with van der Waals surface area (Å²) in [7, 11) is 0. The molecule has 0 radical (unpaired) electrons. The maximum Gasteiger partial charge on any atom is 0.0640 e. The minimum Gasteiger partial charge on any atom is -0.327 e. The monoisotopic (exact) mass is 219 g/mol. The van der Waals surface area contributed by atoms with Crippen molar-refractivity contribution in [2.45, 2.75) is 50.6 Å². The second kappa shape index (κ2) is 5.30. The standard InChI is InChI=1S/C13H21N3/c1-2-5-11(14)10-12-8-9-16(15-12)13-6-3-4-7-13/h2,8-9,11,13H,1,3-7,10,14H2. The highest BCUT2D eigenvalue weighted by Gasteiger charge is 2.17. The van der Waals surface area contributed by atoms with E-state index in [4.69, 9.17) is 5.73 Å². The normalized spacial score (nSPS) is 18.8. The van der Waals surface area contributed by atoms with Crippen LogP contribution < -0.4 is 5.73 Å². The van der Waals surface area contributed by atoms with Gasteiger partial charge in [0.15, 0.2) is 0 Å². The van der Waals surface area contributed by atoms with Crippen molar-refractivity contribution < 1.29 is 0 Å². The molecule has 3 nitrogen and oxygen atoms in total. The van der Waals surface area contributed by atoms with Gasteiger partial charge in [-0.1, -0.05) is 18.9 Å². The lowest BCUT2D eigenvalue weighted by Gasteiger charge is -2.09. The molecule has 1 aliphatic carbocycles. The average molecular weight is 219 g/mol. The Kier molecular flexibility index (Phi) is 3.78. The van der Waals surface area contributed by atoms with Gasteiger partial charge in [-0.05, 0) is 25.3 Å². The summed E-state index contributed by atoms with van der Waals surface area (Å²) in [5.74, 6) is 0. The van der Waals surface area contributed by atoms with Gasteiger partial charge in [0.1, 0.15) is 0 Å². The number of nitrogens with two attached hydrogens (primary N) is 1. The van der Waals surface area contributed by atoms with Gasteiger partial charge in [-0.3, -0.25) is 4.68 Å². The largest absolute Gasteiger partial charge is 0.327 e. The van der Waals surface area contributed by atoms with Crippen LogP contribution in [0, 0.1) is 0 Å². The maximum absolute atomic E-state index is 5.96. The van der Waals surface area contributed by atoms with Crippen LogP contribution in [0.4, 0.5) is 0 Å². The Morgan fingerprint density at radius 2 is 2.31 bits per heavy atom. The van der Waals surface area contributed by atoms with Crippen LogP contribution in [0.15, 0.2) is 24.9 Å². The Morgan fingerprint density at radius 1 is 1.56 bits per heavy atom. The molecule has 1 aliphatic rings. The summed E-state index contributed by atoms with van der Waals surface area (Å²) in [6.45, 7) is 3.70. The van der Waals surface area contributed by atoms with E-state index in [2.05, 4.69) is 28.6 Å². The first kappa shape index (κ1) is 11.4. The molecule has 0 saturated heterocycles. The van der Waals surface area contributed by atoms with Crippen LogP contribution in [0.25, 0.3) is 0 Å². The average Bonchev–Trinajstić information content (AvgIpc) is 2.86. The summed E-state index contributed by atoms with van der Waals surface area (Å²) in [5, 5.41) is 4.62. The van der Waals surface area contributed by atoms with E-state index >= 15 is 0 Å². The number of aromatic nitrogens is 2. The zero-order valence-electron chi connectivity index (χ0n) is 9.81. The maximum atomic E-state index is 5.96. The van der Waals surface area contributed by atoms with Crippen molar-refractivity contribution in [3.63, 3.8) is 0 Å². The summed E-state index contributed by atoms with van der Waals surface area (Å²) in [4.78, 5) is 0. The highest BCUT2D eigenvalue weighted by atomic mass is 15.3. The van der Waals surface area contributed by atoms with Crippen molar-refractivity contribution in [1.82, 2.24) is 9.78 Å². The number of hydrogen-bond donors (Lipinski definition) is 1. The van der Waals surface area contributed by atoms with Crippen LogP contribution in [-0.2, 0) is 6.42 Å². The number of nitrogens with zero attached hydrogens (tertiary/aromatic N) is 2. The second-order valence-corrected chi connectivity index (χ2v) is 4.71. The number of rotatable bonds is 5. The highest BCUT2D eigenvalue weighted by Crippen LogP contribution is 2.28. The fourth-order valence-corrected chi connectivity index (χ4v) is 2.42. The highest BCUT2D eigenvalue weighted by molar-refractivity contribution is 5.03. The molecule has 1 unspecified atom stereocenters. The lowest BCUT2D eigenvalue weighted by atomic mass is 10.1. The minimum absolute atomic E-state index is 0.157. The van der Waals surface area contributed by atoms with Gasteiger partial charge in [0, 0.05) is 18.7 Å². The van der Waals surface area contributed by atoms with E-state index in [-0.39, 0.29) is 6.04 Å². The van der Waals surface area contributed by atoms with Crippen molar-refractivity contribution in [3.8, 4) is 0 Å². The van der Waals surface area contributed by atoms with Gasteiger partial charge in [0.25, 0.3) is 0 Å². The number of hydrogen-bond acceptors (Lipinski definition) is 2.